The molecule has 1 saturated heterocycles. The zero-order chi connectivity index (χ0) is 13.2. The van der Waals surface area contributed by atoms with E-state index < -0.39 is 12.1 Å². The number of anilines is 2. The summed E-state index contributed by atoms with van der Waals surface area (Å²) in [7, 11) is 1.84. The first-order valence-corrected chi connectivity index (χ1v) is 6.10. The minimum absolute atomic E-state index is 0.192. The fourth-order valence-electron chi connectivity index (χ4n) is 2.30. The fourth-order valence-corrected chi connectivity index (χ4v) is 2.30. The van der Waals surface area contributed by atoms with Gasteiger partial charge >= 0.3 is 6.18 Å². The van der Waals surface area contributed by atoms with Crippen LogP contribution in [0.4, 0.5) is 24.5 Å². The van der Waals surface area contributed by atoms with Crippen LogP contribution in [0.2, 0.25) is 0 Å². The van der Waals surface area contributed by atoms with Crippen LogP contribution in [0.3, 0.4) is 0 Å². The maximum Gasteiger partial charge on any atom is 0.391 e. The molecule has 1 heterocycles. The minimum Gasteiger partial charge on any atom is -0.388 e. The van der Waals surface area contributed by atoms with Gasteiger partial charge in [0.15, 0.2) is 0 Å². The summed E-state index contributed by atoms with van der Waals surface area (Å²) in [6.45, 7) is 0.951. The van der Waals surface area contributed by atoms with Gasteiger partial charge < -0.3 is 10.2 Å². The number of halogens is 3. The Bertz CT molecular complexity index is 378. The number of rotatable bonds is 2. The van der Waals surface area contributed by atoms with Crippen LogP contribution in [0.5, 0.6) is 0 Å². The molecule has 1 aliphatic rings. The first-order valence-electron chi connectivity index (χ1n) is 6.10. The molecule has 1 aromatic rings. The molecule has 0 spiro atoms. The van der Waals surface area contributed by atoms with E-state index in [1.807, 2.05) is 36.2 Å². The maximum absolute atomic E-state index is 12.5. The number of hydrogen-bond acceptors (Lipinski definition) is 2. The van der Waals surface area contributed by atoms with Crippen LogP contribution in [-0.2, 0) is 0 Å². The number of nitrogens with one attached hydrogen (secondary N) is 1. The predicted molar refractivity (Wildman–Crippen MR) is 67.0 cm³/mol. The van der Waals surface area contributed by atoms with Gasteiger partial charge in [-0.25, -0.2) is 0 Å². The van der Waals surface area contributed by atoms with Crippen LogP contribution < -0.4 is 10.2 Å². The van der Waals surface area contributed by atoms with Crippen molar-refractivity contribution in [3.8, 4) is 0 Å². The molecule has 0 bridgehead atoms. The number of alkyl halides is 3. The van der Waals surface area contributed by atoms with Crippen LogP contribution >= 0.6 is 0 Å². The van der Waals surface area contributed by atoms with Crippen molar-refractivity contribution in [1.29, 1.82) is 0 Å². The lowest BCUT2D eigenvalue weighted by atomic mass is 9.96. The molecule has 5 heteroatoms. The monoisotopic (exact) mass is 258 g/mol. The summed E-state index contributed by atoms with van der Waals surface area (Å²) in [5, 5.41) is 3.02. The average molecular weight is 258 g/mol. The fraction of sp³-hybridized carbons (Fsp3) is 0.538. The molecular formula is C13H17F3N2. The molecule has 1 N–H and O–H groups in total. The van der Waals surface area contributed by atoms with Crippen LogP contribution in [0, 0.1) is 5.92 Å². The van der Waals surface area contributed by atoms with E-state index in [0.717, 1.165) is 11.4 Å². The SMILES string of the molecule is CNc1ccc(N2CCC(C(F)(F)F)CC2)cc1. The lowest BCUT2D eigenvalue weighted by molar-refractivity contribution is -0.179. The molecule has 0 aliphatic carbocycles. The maximum atomic E-state index is 12.5. The molecule has 0 atom stereocenters. The Morgan fingerprint density at radius 3 is 2.11 bits per heavy atom. The van der Waals surface area contributed by atoms with Gasteiger partial charge in [0, 0.05) is 31.5 Å². The van der Waals surface area contributed by atoms with Crippen LogP contribution in [0.1, 0.15) is 12.8 Å². The molecule has 100 valence electrons. The molecule has 0 radical (unpaired) electrons. The van der Waals surface area contributed by atoms with Gasteiger partial charge in [0.25, 0.3) is 0 Å². The van der Waals surface area contributed by atoms with E-state index in [1.165, 1.54) is 0 Å². The van der Waals surface area contributed by atoms with E-state index in [9.17, 15) is 13.2 Å². The number of piperidine rings is 1. The summed E-state index contributed by atoms with van der Waals surface area (Å²) in [5.41, 5.74) is 2.00. The van der Waals surface area contributed by atoms with Crippen molar-refractivity contribution in [1.82, 2.24) is 0 Å². The summed E-state index contributed by atoms with van der Waals surface area (Å²) in [6.07, 6.45) is -3.66. The van der Waals surface area contributed by atoms with Crippen molar-refractivity contribution in [2.45, 2.75) is 19.0 Å². The molecule has 0 unspecified atom stereocenters. The Kier molecular flexibility index (Phi) is 3.68. The highest BCUT2D eigenvalue weighted by molar-refractivity contribution is 5.55. The first-order chi connectivity index (χ1) is 8.50. The molecular weight excluding hydrogens is 241 g/mol. The van der Waals surface area contributed by atoms with E-state index >= 15 is 0 Å². The summed E-state index contributed by atoms with van der Waals surface area (Å²) >= 11 is 0. The molecule has 2 rings (SSSR count). The molecule has 0 aromatic heterocycles. The van der Waals surface area contributed by atoms with Gasteiger partial charge in [-0.15, -0.1) is 0 Å². The minimum atomic E-state index is -4.04. The van der Waals surface area contributed by atoms with Crippen molar-refractivity contribution in [2.24, 2.45) is 5.92 Å². The number of benzene rings is 1. The summed E-state index contributed by atoms with van der Waals surface area (Å²) in [5.74, 6) is -1.13. The third-order valence-corrected chi connectivity index (χ3v) is 3.48. The second kappa shape index (κ2) is 5.08. The van der Waals surface area contributed by atoms with E-state index in [-0.39, 0.29) is 12.8 Å². The summed E-state index contributed by atoms with van der Waals surface area (Å²) in [6, 6.07) is 7.76. The standard InChI is InChI=1S/C13H17F3N2/c1-17-11-2-4-12(5-3-11)18-8-6-10(7-9-18)13(14,15)16/h2-5,10,17H,6-9H2,1H3. The van der Waals surface area contributed by atoms with Gasteiger partial charge in [-0.1, -0.05) is 0 Å². The number of nitrogens with zero attached hydrogens (tertiary/aromatic N) is 1. The van der Waals surface area contributed by atoms with Crippen LogP contribution in [-0.4, -0.2) is 26.3 Å². The van der Waals surface area contributed by atoms with E-state index in [4.69, 9.17) is 0 Å². The average Bonchev–Trinajstić information content (AvgIpc) is 2.38. The molecule has 1 aliphatic heterocycles. The molecule has 0 amide bonds. The van der Waals surface area contributed by atoms with Gasteiger partial charge in [0.2, 0.25) is 0 Å². The zero-order valence-corrected chi connectivity index (χ0v) is 10.3. The second-order valence-electron chi connectivity index (χ2n) is 4.60. The topological polar surface area (TPSA) is 15.3 Å². The van der Waals surface area contributed by atoms with Gasteiger partial charge in [-0.3, -0.25) is 0 Å². The van der Waals surface area contributed by atoms with E-state index in [2.05, 4.69) is 5.32 Å². The van der Waals surface area contributed by atoms with Crippen LogP contribution in [0.15, 0.2) is 24.3 Å². The highest BCUT2D eigenvalue weighted by Gasteiger charge is 2.41. The van der Waals surface area contributed by atoms with Gasteiger partial charge in [-0.2, -0.15) is 13.2 Å². The molecule has 1 fully saturated rings. The Balaban J connectivity index is 1.96. The van der Waals surface area contributed by atoms with Crippen molar-refractivity contribution >= 4 is 11.4 Å². The van der Waals surface area contributed by atoms with Crippen molar-refractivity contribution in [3.05, 3.63) is 24.3 Å². The number of hydrogen-bond donors (Lipinski definition) is 1. The van der Waals surface area contributed by atoms with Crippen molar-refractivity contribution < 1.29 is 13.2 Å². The first kappa shape index (κ1) is 13.1. The quantitative estimate of drug-likeness (QED) is 0.873. The molecule has 1 aromatic carbocycles. The Morgan fingerprint density at radius 2 is 1.67 bits per heavy atom. The summed E-state index contributed by atoms with van der Waals surface area (Å²) < 4.78 is 37.6. The van der Waals surface area contributed by atoms with Crippen molar-refractivity contribution in [3.63, 3.8) is 0 Å². The third-order valence-electron chi connectivity index (χ3n) is 3.48. The lowest BCUT2D eigenvalue weighted by Crippen LogP contribution is -2.38. The van der Waals surface area contributed by atoms with Crippen molar-refractivity contribution in [2.75, 3.05) is 30.4 Å². The molecule has 0 saturated carbocycles. The highest BCUT2D eigenvalue weighted by Crippen LogP contribution is 2.35. The molecule has 2 nitrogen and oxygen atoms in total. The smallest absolute Gasteiger partial charge is 0.388 e. The summed E-state index contributed by atoms with van der Waals surface area (Å²) in [4.78, 5) is 2.02. The predicted octanol–water partition coefficient (Wildman–Crippen LogP) is 3.51. The Morgan fingerprint density at radius 1 is 1.11 bits per heavy atom. The molecule has 18 heavy (non-hydrogen) atoms. The van der Waals surface area contributed by atoms with E-state index in [0.29, 0.717) is 13.1 Å². The normalized spacial score (nSPS) is 17.9. The van der Waals surface area contributed by atoms with Gasteiger partial charge in [0.1, 0.15) is 0 Å². The highest BCUT2D eigenvalue weighted by atomic mass is 19.4. The second-order valence-corrected chi connectivity index (χ2v) is 4.60. The Hall–Kier alpha value is -1.39. The van der Waals surface area contributed by atoms with E-state index in [1.54, 1.807) is 0 Å². The van der Waals surface area contributed by atoms with Gasteiger partial charge in [0.05, 0.1) is 5.92 Å². The zero-order valence-electron chi connectivity index (χ0n) is 10.3. The lowest BCUT2D eigenvalue weighted by Gasteiger charge is -2.34. The van der Waals surface area contributed by atoms with Crippen LogP contribution in [0.25, 0.3) is 0 Å². The largest absolute Gasteiger partial charge is 0.391 e. The Labute approximate surface area is 105 Å². The van der Waals surface area contributed by atoms with Gasteiger partial charge in [-0.05, 0) is 37.1 Å². The third kappa shape index (κ3) is 2.89.